The predicted octanol–water partition coefficient (Wildman–Crippen LogP) is 4.20. The van der Waals surface area contributed by atoms with Crippen LogP contribution in [-0.2, 0) is 23.9 Å². The average molecular weight is 553 g/mol. The molecule has 0 unspecified atom stereocenters. The lowest BCUT2D eigenvalue weighted by Gasteiger charge is -2.28. The first kappa shape index (κ1) is 26.4. The second kappa shape index (κ2) is 10.6. The quantitative estimate of drug-likeness (QED) is 0.345. The van der Waals surface area contributed by atoms with E-state index in [4.69, 9.17) is 4.74 Å². The monoisotopic (exact) mass is 552 g/mol. The number of benzene rings is 3. The lowest BCUT2D eigenvalue weighted by atomic mass is 9.73. The molecular formula is C32H28N2O7. The van der Waals surface area contributed by atoms with Crippen molar-refractivity contribution in [1.29, 1.82) is 0 Å². The Bertz CT molecular complexity index is 1540. The lowest BCUT2D eigenvalue weighted by Crippen LogP contribution is -2.33. The van der Waals surface area contributed by atoms with Crippen molar-refractivity contribution in [3.63, 3.8) is 0 Å². The Morgan fingerprint density at radius 3 is 2.29 bits per heavy atom. The number of ether oxygens (including phenoxy) is 2. The van der Waals surface area contributed by atoms with Gasteiger partial charge in [-0.1, -0.05) is 36.4 Å². The minimum Gasteiger partial charge on any atom is -0.465 e. The number of amides is 3. The second-order valence-electron chi connectivity index (χ2n) is 10.7. The van der Waals surface area contributed by atoms with Crippen LogP contribution in [0.2, 0.25) is 0 Å². The van der Waals surface area contributed by atoms with E-state index >= 15 is 0 Å². The molecule has 3 fully saturated rings. The average Bonchev–Trinajstić information content (AvgIpc) is 3.67. The highest BCUT2D eigenvalue weighted by atomic mass is 16.5. The normalized spacial score (nSPS) is 24.2. The van der Waals surface area contributed by atoms with Gasteiger partial charge in [-0.25, -0.2) is 9.59 Å². The number of esters is 2. The summed E-state index contributed by atoms with van der Waals surface area (Å²) < 4.78 is 9.83. The summed E-state index contributed by atoms with van der Waals surface area (Å²) in [5, 5.41) is 2.59. The van der Waals surface area contributed by atoms with Crippen molar-refractivity contribution in [2.75, 3.05) is 23.9 Å². The lowest BCUT2D eigenvalue weighted by molar-refractivity contribution is -0.123. The van der Waals surface area contributed by atoms with Crippen LogP contribution in [-0.4, -0.2) is 43.4 Å². The molecule has 41 heavy (non-hydrogen) atoms. The number of carbonyl (C=O) groups excluding carboxylic acids is 5. The van der Waals surface area contributed by atoms with Crippen LogP contribution in [0.25, 0.3) is 0 Å². The highest BCUT2D eigenvalue weighted by Gasteiger charge is 2.64. The van der Waals surface area contributed by atoms with Gasteiger partial charge in [0.2, 0.25) is 11.8 Å². The van der Waals surface area contributed by atoms with Crippen molar-refractivity contribution in [3.05, 3.63) is 95.6 Å². The third-order valence-electron chi connectivity index (χ3n) is 8.51. The second-order valence-corrected chi connectivity index (χ2v) is 10.7. The molecule has 0 spiro atoms. The molecule has 9 nitrogen and oxygen atoms in total. The Morgan fingerprint density at radius 2 is 1.56 bits per heavy atom. The van der Waals surface area contributed by atoms with E-state index in [9.17, 15) is 24.0 Å². The Balaban J connectivity index is 1.10. The van der Waals surface area contributed by atoms with Gasteiger partial charge in [-0.15, -0.1) is 0 Å². The maximum Gasteiger partial charge on any atom is 0.338 e. The highest BCUT2D eigenvalue weighted by Crippen LogP contribution is 2.61. The molecule has 5 atom stereocenters. The summed E-state index contributed by atoms with van der Waals surface area (Å²) >= 11 is 0. The van der Waals surface area contributed by atoms with Crippen LogP contribution in [0.1, 0.15) is 45.0 Å². The minimum absolute atomic E-state index is 0.122. The summed E-state index contributed by atoms with van der Waals surface area (Å²) in [5.74, 6) is -2.37. The summed E-state index contributed by atoms with van der Waals surface area (Å²) in [5.41, 5.74) is 2.42. The highest BCUT2D eigenvalue weighted by molar-refractivity contribution is 6.23. The molecule has 3 aromatic rings. The van der Waals surface area contributed by atoms with Crippen molar-refractivity contribution < 1.29 is 33.4 Å². The number of imide groups is 1. The number of nitrogens with one attached hydrogen (secondary N) is 1. The maximum absolute atomic E-state index is 13.6. The number of hydrogen-bond acceptors (Lipinski definition) is 7. The molecule has 1 heterocycles. The van der Waals surface area contributed by atoms with Gasteiger partial charge < -0.3 is 14.8 Å². The van der Waals surface area contributed by atoms with Crippen molar-refractivity contribution in [3.8, 4) is 0 Å². The van der Waals surface area contributed by atoms with Crippen LogP contribution in [0.4, 0.5) is 11.4 Å². The van der Waals surface area contributed by atoms with Crippen molar-refractivity contribution in [2.24, 2.45) is 23.7 Å². The van der Waals surface area contributed by atoms with Crippen molar-refractivity contribution in [2.45, 2.75) is 18.8 Å². The molecule has 2 aliphatic carbocycles. The Hall–Kier alpha value is -4.79. The number of fused-ring (bicyclic) bond motifs is 5. The topological polar surface area (TPSA) is 119 Å². The fourth-order valence-electron chi connectivity index (χ4n) is 6.79. The van der Waals surface area contributed by atoms with Crippen LogP contribution < -0.4 is 10.2 Å². The molecule has 6 rings (SSSR count). The largest absolute Gasteiger partial charge is 0.465 e. The third kappa shape index (κ3) is 4.77. The smallest absolute Gasteiger partial charge is 0.338 e. The molecule has 0 radical (unpaired) electrons. The van der Waals surface area contributed by atoms with Crippen LogP contribution in [0.15, 0.2) is 78.9 Å². The molecule has 3 aromatic carbocycles. The molecule has 2 bridgehead atoms. The zero-order valence-electron chi connectivity index (χ0n) is 22.3. The molecule has 3 amide bonds. The Morgan fingerprint density at radius 1 is 0.829 bits per heavy atom. The van der Waals surface area contributed by atoms with Gasteiger partial charge in [-0.05, 0) is 78.6 Å². The van der Waals surface area contributed by atoms with E-state index in [0.29, 0.717) is 16.9 Å². The predicted molar refractivity (Wildman–Crippen MR) is 148 cm³/mol. The van der Waals surface area contributed by atoms with Crippen LogP contribution in [0, 0.1) is 23.7 Å². The zero-order chi connectivity index (χ0) is 28.7. The van der Waals surface area contributed by atoms with E-state index in [2.05, 4.69) is 22.2 Å². The van der Waals surface area contributed by atoms with Crippen LogP contribution >= 0.6 is 0 Å². The fourth-order valence-corrected chi connectivity index (χ4v) is 6.79. The minimum atomic E-state index is -0.758. The Kier molecular flexibility index (Phi) is 6.86. The first-order valence-electron chi connectivity index (χ1n) is 13.5. The summed E-state index contributed by atoms with van der Waals surface area (Å²) in [4.78, 5) is 64.9. The van der Waals surface area contributed by atoms with Gasteiger partial charge >= 0.3 is 11.9 Å². The van der Waals surface area contributed by atoms with Crippen molar-refractivity contribution in [1.82, 2.24) is 0 Å². The summed E-state index contributed by atoms with van der Waals surface area (Å²) in [7, 11) is 1.28. The SMILES string of the molecule is COC(=O)c1ccc(NC(=O)COC(=O)c2cccc(N3C(=O)[C@@H]4[C@@H]5C[C@@H]([C@H]4C3=O)[C@H](c3ccccc3)C5)c2)cc1. The zero-order valence-corrected chi connectivity index (χ0v) is 22.3. The molecule has 3 aliphatic rings. The van der Waals surface area contributed by atoms with E-state index < -0.39 is 24.5 Å². The third-order valence-corrected chi connectivity index (χ3v) is 8.51. The Labute approximate surface area is 236 Å². The van der Waals surface area contributed by atoms with E-state index in [0.717, 1.165) is 12.8 Å². The maximum atomic E-state index is 13.6. The molecule has 1 N–H and O–H groups in total. The summed E-state index contributed by atoms with van der Waals surface area (Å²) in [6.45, 7) is -0.544. The number of methoxy groups -OCH3 is 1. The first-order chi connectivity index (χ1) is 19.9. The van der Waals surface area contributed by atoms with Gasteiger partial charge in [0.05, 0.1) is 35.8 Å². The fraction of sp³-hybridized carbons (Fsp3) is 0.281. The standard InChI is InChI=1S/C32H28N2O7/c1-40-31(38)19-10-12-22(13-11-19)33-26(35)17-41-32(39)20-8-5-9-23(14-20)34-29(36)27-21-15-24(18-6-3-2-4-7-18)25(16-21)28(27)30(34)37/h2-14,21,24-25,27-28H,15-17H2,1H3,(H,33,35)/t21-,24-,25+,27+,28+/m0/s1. The molecule has 1 aliphatic heterocycles. The molecule has 1 saturated heterocycles. The molecule has 2 saturated carbocycles. The molecule has 9 heteroatoms. The number of rotatable bonds is 7. The van der Waals surface area contributed by atoms with Gasteiger partial charge in [0, 0.05) is 5.69 Å². The van der Waals surface area contributed by atoms with Crippen LogP contribution in [0.5, 0.6) is 0 Å². The van der Waals surface area contributed by atoms with Gasteiger partial charge in [0.15, 0.2) is 6.61 Å². The van der Waals surface area contributed by atoms with E-state index in [1.807, 2.05) is 18.2 Å². The van der Waals surface area contributed by atoms with Crippen LogP contribution in [0.3, 0.4) is 0 Å². The van der Waals surface area contributed by atoms with E-state index in [-0.39, 0.29) is 47.0 Å². The first-order valence-corrected chi connectivity index (χ1v) is 13.5. The number of hydrogen-bond donors (Lipinski definition) is 1. The van der Waals surface area contributed by atoms with E-state index in [1.54, 1.807) is 12.1 Å². The van der Waals surface area contributed by atoms with Gasteiger partial charge in [-0.3, -0.25) is 19.3 Å². The molecule has 0 aromatic heterocycles. The number of anilines is 2. The van der Waals surface area contributed by atoms with Gasteiger partial charge in [-0.2, -0.15) is 0 Å². The summed E-state index contributed by atoms with van der Waals surface area (Å²) in [6.07, 6.45) is 1.77. The molecular weight excluding hydrogens is 524 g/mol. The summed E-state index contributed by atoms with van der Waals surface area (Å²) in [6, 6.07) is 22.4. The van der Waals surface area contributed by atoms with Crippen molar-refractivity contribution >= 4 is 41.0 Å². The van der Waals surface area contributed by atoms with E-state index in [1.165, 1.54) is 54.0 Å². The van der Waals surface area contributed by atoms with Gasteiger partial charge in [0.1, 0.15) is 0 Å². The number of nitrogens with zero attached hydrogens (tertiary/aromatic N) is 1. The molecule has 208 valence electrons. The van der Waals surface area contributed by atoms with Gasteiger partial charge in [0.25, 0.3) is 5.91 Å². The number of carbonyl (C=O) groups is 5.